The first-order chi connectivity index (χ1) is 8.70. The van der Waals surface area contributed by atoms with Gasteiger partial charge >= 0.3 is 0 Å². The van der Waals surface area contributed by atoms with Crippen molar-refractivity contribution in [3.8, 4) is 5.75 Å². The van der Waals surface area contributed by atoms with Gasteiger partial charge in [-0.15, -0.1) is 0 Å². The summed E-state index contributed by atoms with van der Waals surface area (Å²) in [5, 5.41) is 0. The summed E-state index contributed by atoms with van der Waals surface area (Å²) in [6.07, 6.45) is 0. The number of benzene rings is 2. The molecule has 0 bridgehead atoms. The molecular weight excluding hydrogens is 297 g/mol. The second-order valence-corrected chi connectivity index (χ2v) is 4.69. The molecule has 0 unspecified atom stereocenters. The number of hydrogen-bond donors (Lipinski definition) is 1. The maximum atomic E-state index is 13.4. The number of nitrogens with two attached hydrogens (primary N) is 1. The van der Waals surface area contributed by atoms with Crippen molar-refractivity contribution in [1.82, 2.24) is 0 Å². The minimum atomic E-state index is -0.254. The smallest absolute Gasteiger partial charge is 0.129 e. The molecule has 0 saturated carbocycles. The maximum absolute atomic E-state index is 13.4. The van der Waals surface area contributed by atoms with Crippen LogP contribution in [0.4, 0.5) is 4.39 Å². The third-order valence-corrected chi connectivity index (χ3v) is 3.33. The number of hydrogen-bond acceptors (Lipinski definition) is 2. The third-order valence-electron chi connectivity index (χ3n) is 2.60. The largest absolute Gasteiger partial charge is 0.489 e. The highest BCUT2D eigenvalue weighted by atomic mass is 79.9. The number of halogens is 2. The molecule has 0 aliphatic carbocycles. The van der Waals surface area contributed by atoms with Gasteiger partial charge in [0.2, 0.25) is 0 Å². The molecule has 18 heavy (non-hydrogen) atoms. The summed E-state index contributed by atoms with van der Waals surface area (Å²) in [5.41, 5.74) is 7.11. The van der Waals surface area contributed by atoms with Crippen LogP contribution in [0, 0.1) is 5.82 Å². The molecule has 0 radical (unpaired) electrons. The van der Waals surface area contributed by atoms with E-state index in [1.807, 2.05) is 18.2 Å². The molecule has 2 nitrogen and oxygen atoms in total. The molecule has 0 fully saturated rings. The minimum absolute atomic E-state index is 0.209. The van der Waals surface area contributed by atoms with Gasteiger partial charge in [0.25, 0.3) is 0 Å². The molecule has 0 amide bonds. The van der Waals surface area contributed by atoms with Crippen LogP contribution < -0.4 is 10.5 Å². The topological polar surface area (TPSA) is 35.2 Å². The molecule has 4 heteroatoms. The Morgan fingerprint density at radius 2 is 1.89 bits per heavy atom. The van der Waals surface area contributed by atoms with E-state index in [1.165, 1.54) is 6.07 Å². The van der Waals surface area contributed by atoms with E-state index in [4.69, 9.17) is 10.5 Å². The van der Waals surface area contributed by atoms with Gasteiger partial charge in [-0.2, -0.15) is 0 Å². The lowest BCUT2D eigenvalue weighted by Crippen LogP contribution is -2.00. The van der Waals surface area contributed by atoms with E-state index in [1.54, 1.807) is 18.2 Å². The van der Waals surface area contributed by atoms with E-state index in [-0.39, 0.29) is 12.4 Å². The molecule has 0 heterocycles. The van der Waals surface area contributed by atoms with Crippen molar-refractivity contribution in [1.29, 1.82) is 0 Å². The maximum Gasteiger partial charge on any atom is 0.129 e. The van der Waals surface area contributed by atoms with Crippen molar-refractivity contribution < 1.29 is 9.13 Å². The lowest BCUT2D eigenvalue weighted by molar-refractivity contribution is 0.299. The van der Waals surface area contributed by atoms with Gasteiger partial charge < -0.3 is 10.5 Å². The van der Waals surface area contributed by atoms with Gasteiger partial charge in [0.1, 0.15) is 18.2 Å². The lowest BCUT2D eigenvalue weighted by atomic mass is 10.2. The fourth-order valence-electron chi connectivity index (χ4n) is 1.56. The van der Waals surface area contributed by atoms with Gasteiger partial charge in [0.05, 0.1) is 0 Å². The van der Waals surface area contributed by atoms with Crippen molar-refractivity contribution >= 4 is 15.9 Å². The van der Waals surface area contributed by atoms with Crippen molar-refractivity contribution in [2.75, 3.05) is 0 Å². The molecule has 2 N–H and O–H groups in total. The van der Waals surface area contributed by atoms with Crippen molar-refractivity contribution in [2.24, 2.45) is 5.73 Å². The third kappa shape index (κ3) is 3.09. The Morgan fingerprint density at radius 3 is 2.56 bits per heavy atom. The lowest BCUT2D eigenvalue weighted by Gasteiger charge is -2.09. The van der Waals surface area contributed by atoms with Gasteiger partial charge in [-0.3, -0.25) is 0 Å². The van der Waals surface area contributed by atoms with Crippen LogP contribution in [0.1, 0.15) is 11.1 Å². The Morgan fingerprint density at radius 1 is 1.11 bits per heavy atom. The van der Waals surface area contributed by atoms with Crippen LogP contribution in [0.5, 0.6) is 5.75 Å². The van der Waals surface area contributed by atoms with Gasteiger partial charge in [0, 0.05) is 16.6 Å². The summed E-state index contributed by atoms with van der Waals surface area (Å²) >= 11 is 3.41. The fourth-order valence-corrected chi connectivity index (χ4v) is 2.08. The molecule has 0 aromatic heterocycles. The van der Waals surface area contributed by atoms with E-state index in [0.29, 0.717) is 17.9 Å². The summed E-state index contributed by atoms with van der Waals surface area (Å²) in [6, 6.07) is 12.1. The normalized spacial score (nSPS) is 10.4. The molecule has 0 spiro atoms. The number of ether oxygens (including phenoxy) is 1. The summed E-state index contributed by atoms with van der Waals surface area (Å²) in [7, 11) is 0. The average molecular weight is 310 g/mol. The molecule has 0 saturated heterocycles. The van der Waals surface area contributed by atoms with Gasteiger partial charge in [-0.25, -0.2) is 4.39 Å². The monoisotopic (exact) mass is 309 g/mol. The van der Waals surface area contributed by atoms with Crippen LogP contribution in [0.15, 0.2) is 46.9 Å². The molecule has 0 aliphatic heterocycles. The SMILES string of the molecule is NCc1ccc(OCc2ccccc2F)cc1Br. The Balaban J connectivity index is 2.07. The molecule has 2 aromatic carbocycles. The summed E-state index contributed by atoms with van der Waals surface area (Å²) in [5.74, 6) is 0.428. The van der Waals surface area contributed by atoms with E-state index in [2.05, 4.69) is 15.9 Å². The molecule has 0 atom stereocenters. The second kappa shape index (κ2) is 5.98. The van der Waals surface area contributed by atoms with Crippen LogP contribution in [0.2, 0.25) is 0 Å². The van der Waals surface area contributed by atoms with Gasteiger partial charge in [0.15, 0.2) is 0 Å². The van der Waals surface area contributed by atoms with E-state index in [9.17, 15) is 4.39 Å². The second-order valence-electron chi connectivity index (χ2n) is 3.84. The first-order valence-corrected chi connectivity index (χ1v) is 6.34. The Hall–Kier alpha value is -1.39. The van der Waals surface area contributed by atoms with E-state index < -0.39 is 0 Å². The first kappa shape index (κ1) is 13.1. The highest BCUT2D eigenvalue weighted by Crippen LogP contribution is 2.23. The summed E-state index contributed by atoms with van der Waals surface area (Å²) < 4.78 is 19.8. The molecule has 2 rings (SSSR count). The number of rotatable bonds is 4. The highest BCUT2D eigenvalue weighted by Gasteiger charge is 2.04. The Labute approximate surface area is 114 Å². The summed E-state index contributed by atoms with van der Waals surface area (Å²) in [6.45, 7) is 0.676. The standard InChI is InChI=1S/C14H13BrFNO/c15-13-7-12(6-5-10(13)8-17)18-9-11-3-1-2-4-14(11)16/h1-7H,8-9,17H2. The molecular formula is C14H13BrFNO. The van der Waals surface area contributed by atoms with Crippen LogP contribution in [-0.4, -0.2) is 0 Å². The molecule has 0 aliphatic rings. The van der Waals surface area contributed by atoms with Crippen LogP contribution in [0.3, 0.4) is 0 Å². The van der Waals surface area contributed by atoms with Crippen molar-refractivity contribution in [3.63, 3.8) is 0 Å². The quantitative estimate of drug-likeness (QED) is 0.936. The predicted molar refractivity (Wildman–Crippen MR) is 72.8 cm³/mol. The van der Waals surface area contributed by atoms with Crippen molar-refractivity contribution in [3.05, 3.63) is 63.9 Å². The Bertz CT molecular complexity index is 545. The summed E-state index contributed by atoms with van der Waals surface area (Å²) in [4.78, 5) is 0. The zero-order valence-electron chi connectivity index (χ0n) is 9.70. The fraction of sp³-hybridized carbons (Fsp3) is 0.143. The van der Waals surface area contributed by atoms with Gasteiger partial charge in [-0.05, 0) is 23.8 Å². The zero-order chi connectivity index (χ0) is 13.0. The Kier molecular flexibility index (Phi) is 4.33. The predicted octanol–water partition coefficient (Wildman–Crippen LogP) is 3.63. The first-order valence-electron chi connectivity index (χ1n) is 5.55. The highest BCUT2D eigenvalue weighted by molar-refractivity contribution is 9.10. The van der Waals surface area contributed by atoms with E-state index >= 15 is 0 Å². The van der Waals surface area contributed by atoms with Crippen LogP contribution >= 0.6 is 15.9 Å². The van der Waals surface area contributed by atoms with Crippen molar-refractivity contribution in [2.45, 2.75) is 13.2 Å². The average Bonchev–Trinajstić information content (AvgIpc) is 2.38. The van der Waals surface area contributed by atoms with E-state index in [0.717, 1.165) is 10.0 Å². The minimum Gasteiger partial charge on any atom is -0.489 e. The zero-order valence-corrected chi connectivity index (χ0v) is 11.3. The van der Waals surface area contributed by atoms with Crippen LogP contribution in [0.25, 0.3) is 0 Å². The molecule has 94 valence electrons. The molecule has 2 aromatic rings. The van der Waals surface area contributed by atoms with Gasteiger partial charge in [-0.1, -0.05) is 40.2 Å². The van der Waals surface area contributed by atoms with Crippen LogP contribution in [-0.2, 0) is 13.2 Å².